The molecule has 0 unspecified atom stereocenters. The van der Waals surface area contributed by atoms with Crippen molar-refractivity contribution < 1.29 is 39.3 Å². The van der Waals surface area contributed by atoms with Gasteiger partial charge in [0.15, 0.2) is 24.5 Å². The van der Waals surface area contributed by atoms with Crippen LogP contribution in [0.25, 0.3) is 0 Å². The van der Waals surface area contributed by atoms with Gasteiger partial charge >= 0.3 is 21.4 Å². The Morgan fingerprint density at radius 3 is 1.14 bits per heavy atom. The highest BCUT2D eigenvalue weighted by Gasteiger charge is 2.47. The molecular weight excluding hydrogens is 1310 g/mol. The molecule has 520 valence electrons. The number of benzene rings is 8. The minimum Gasteiger partial charge on any atom is -0.423 e. The monoisotopic (exact) mass is 1400 g/mol. The highest BCUT2D eigenvalue weighted by Crippen LogP contribution is 2.51. The van der Waals surface area contributed by atoms with Crippen LogP contribution in [-0.2, 0) is 47.8 Å². The largest absolute Gasteiger partial charge is 0.488 e. The Morgan fingerprint density at radius 1 is 0.369 bits per heavy atom. The lowest BCUT2D eigenvalue weighted by Crippen LogP contribution is -2.31. The van der Waals surface area contributed by atoms with Gasteiger partial charge in [0, 0.05) is 103 Å². The van der Waals surface area contributed by atoms with Crippen LogP contribution in [-0.4, -0.2) is 72.1 Å². The molecule has 8 aromatic carbocycles. The molecule has 6 N–H and O–H groups in total. The first-order valence-electron chi connectivity index (χ1n) is 36.0. The van der Waals surface area contributed by atoms with Crippen LogP contribution in [0.3, 0.4) is 0 Å². The van der Waals surface area contributed by atoms with E-state index < -0.39 is 21.4 Å². The van der Waals surface area contributed by atoms with Gasteiger partial charge in [-0.3, -0.25) is 0 Å². The fourth-order valence-corrected chi connectivity index (χ4v) is 16.9. The number of halogens is 2. The molecule has 0 spiro atoms. The van der Waals surface area contributed by atoms with Crippen molar-refractivity contribution in [1.29, 1.82) is 0 Å². The molecule has 14 rings (SSSR count). The van der Waals surface area contributed by atoms with Gasteiger partial charge in [-0.2, -0.15) is 9.15 Å². The molecule has 103 heavy (non-hydrogen) atoms. The summed E-state index contributed by atoms with van der Waals surface area (Å²) in [7, 11) is -4.53. The number of para-hydroxylation sites is 4. The molecule has 2 aliphatic carbocycles. The van der Waals surface area contributed by atoms with E-state index in [0.717, 1.165) is 111 Å². The molecule has 0 amide bonds. The molecular formula is C88H91B3Cl2N4O6+2. The predicted molar refractivity (Wildman–Crippen MR) is 427 cm³/mol. The van der Waals surface area contributed by atoms with Gasteiger partial charge < -0.3 is 39.9 Å². The summed E-state index contributed by atoms with van der Waals surface area (Å²) >= 11 is 14.5. The van der Waals surface area contributed by atoms with Crippen LogP contribution >= 0.6 is 23.2 Å². The van der Waals surface area contributed by atoms with E-state index in [-0.39, 0.29) is 21.7 Å². The number of nitrogens with zero attached hydrogens (tertiary/aromatic N) is 4. The summed E-state index contributed by atoms with van der Waals surface area (Å²) in [6, 6.07) is 67.5. The molecule has 8 aromatic rings. The average Bonchev–Trinajstić information content (AvgIpc) is 1.62. The topological polar surface area (TPSA) is 134 Å². The summed E-state index contributed by atoms with van der Waals surface area (Å²) in [6.45, 7) is 20.8. The zero-order valence-electron chi connectivity index (χ0n) is 60.2. The van der Waals surface area contributed by atoms with Crippen LogP contribution in [0.15, 0.2) is 293 Å². The van der Waals surface area contributed by atoms with E-state index in [1.165, 1.54) is 56.2 Å². The van der Waals surface area contributed by atoms with Crippen LogP contribution in [0.4, 0.5) is 22.7 Å². The minimum absolute atomic E-state index is 0.145. The maximum absolute atomic E-state index is 9.82. The Bertz CT molecular complexity index is 4920. The van der Waals surface area contributed by atoms with Gasteiger partial charge in [0.2, 0.25) is 11.4 Å². The zero-order valence-corrected chi connectivity index (χ0v) is 61.7. The highest BCUT2D eigenvalue weighted by molar-refractivity contribution is 6.59. The van der Waals surface area contributed by atoms with E-state index in [0.29, 0.717) is 36.0 Å². The maximum atomic E-state index is 9.82. The third-order valence-electron chi connectivity index (χ3n) is 21.8. The lowest BCUT2D eigenvalue weighted by Gasteiger charge is -2.27. The van der Waals surface area contributed by atoms with Gasteiger partial charge in [-0.05, 0) is 151 Å². The highest BCUT2D eigenvalue weighted by atomic mass is 35.5. The predicted octanol–water partition coefficient (Wildman–Crippen LogP) is 15.6. The zero-order chi connectivity index (χ0) is 72.5. The summed E-state index contributed by atoms with van der Waals surface area (Å²) in [4.78, 5) is 4.80. The molecule has 0 fully saturated rings. The fourth-order valence-electron chi connectivity index (χ4n) is 16.2. The van der Waals surface area contributed by atoms with Crippen LogP contribution < -0.4 is 26.2 Å². The number of hydrogen-bond donors (Lipinski definition) is 6. The molecule has 0 aromatic heterocycles. The minimum atomic E-state index is -1.52. The van der Waals surface area contributed by atoms with Crippen LogP contribution in [0.2, 0.25) is 0 Å². The molecule has 6 aliphatic rings. The van der Waals surface area contributed by atoms with Crippen molar-refractivity contribution in [2.45, 2.75) is 142 Å². The fraction of sp³-hybridized carbons (Fsp3) is 0.250. The molecule has 0 radical (unpaired) electrons. The average molecular weight is 1400 g/mol. The van der Waals surface area contributed by atoms with Gasteiger partial charge in [0.1, 0.15) is 0 Å². The van der Waals surface area contributed by atoms with E-state index in [1.807, 2.05) is 54.6 Å². The van der Waals surface area contributed by atoms with Crippen LogP contribution in [0.5, 0.6) is 0 Å². The summed E-state index contributed by atoms with van der Waals surface area (Å²) in [5, 5.41) is 60.6. The molecule has 0 atom stereocenters. The van der Waals surface area contributed by atoms with Gasteiger partial charge in [0.05, 0.1) is 10.8 Å². The molecule has 4 aliphatic heterocycles. The smallest absolute Gasteiger partial charge is 0.423 e. The molecule has 0 bridgehead atoms. The summed E-state index contributed by atoms with van der Waals surface area (Å²) < 4.78 is 4.69. The van der Waals surface area contributed by atoms with Crippen molar-refractivity contribution in [3.05, 3.63) is 337 Å². The Hall–Kier alpha value is -8.85. The van der Waals surface area contributed by atoms with Crippen LogP contribution in [0.1, 0.15) is 138 Å². The molecule has 10 nitrogen and oxygen atoms in total. The van der Waals surface area contributed by atoms with Crippen molar-refractivity contribution >= 4 is 95.1 Å². The first-order chi connectivity index (χ1) is 49.4. The Balaban J connectivity index is 0.000000184. The van der Waals surface area contributed by atoms with E-state index in [9.17, 15) is 30.1 Å². The third kappa shape index (κ3) is 14.7. The Morgan fingerprint density at radius 2 is 0.718 bits per heavy atom. The normalized spacial score (nSPS) is 19.3. The van der Waals surface area contributed by atoms with E-state index in [2.05, 4.69) is 250 Å². The van der Waals surface area contributed by atoms with E-state index in [4.69, 9.17) is 23.2 Å². The molecule has 4 heterocycles. The number of allylic oxidation sites excluding steroid dienone is 16. The van der Waals surface area contributed by atoms with Crippen molar-refractivity contribution in [3.63, 3.8) is 0 Å². The van der Waals surface area contributed by atoms with E-state index >= 15 is 0 Å². The summed E-state index contributed by atoms with van der Waals surface area (Å²) in [5.74, 6) is 0. The molecule has 0 saturated carbocycles. The quantitative estimate of drug-likeness (QED) is 0.0392. The second kappa shape index (κ2) is 30.1. The second-order valence-electron chi connectivity index (χ2n) is 30.1. The maximum Gasteiger partial charge on any atom is 0.488 e. The van der Waals surface area contributed by atoms with Crippen molar-refractivity contribution in [2.24, 2.45) is 0 Å². The van der Waals surface area contributed by atoms with Crippen molar-refractivity contribution in [3.8, 4) is 0 Å². The van der Waals surface area contributed by atoms with Crippen LogP contribution in [0, 0.1) is 0 Å². The summed E-state index contributed by atoms with van der Waals surface area (Å²) in [6.07, 6.45) is 23.5. The molecule has 15 heteroatoms. The number of rotatable bonds is 17. The second-order valence-corrected chi connectivity index (χ2v) is 30.8. The number of fused-ring (bicyclic) bond motifs is 4. The lowest BCUT2D eigenvalue weighted by atomic mass is 9.79. The van der Waals surface area contributed by atoms with Crippen molar-refractivity contribution in [2.75, 3.05) is 9.80 Å². The SMILES string of the molecule is CC1(C)C(/C=C/C2=C(Cl)C(=C/C=C3/N(Cc4cccc(B(O)O)c4)c4ccccc4C3(C)C)/CCC2)=[N+](Cc2cccc(B(O)O)c2)c2ccccc21.CC1(C)C(/C=C/C2=C(Cl)C(=C/C=C3/N(Cc4ccccc4)c4ccccc4C3(C)C)/CCC2)=[N+](Cc2cccc(B(O)O)c2)c2ccccc21. The first-order valence-corrected chi connectivity index (χ1v) is 36.8. The van der Waals surface area contributed by atoms with Crippen molar-refractivity contribution in [1.82, 2.24) is 0 Å². The Labute approximate surface area is 619 Å². The standard InChI is InChI=1S/C44H46B2ClN2O4.C44H45BClN2O2/c1-43(2)36-18-5-7-20-38(36)48(28-30-12-9-16-34(26-30)45(50)51)40(43)24-22-32-14-11-15-33(42(32)47)23-25-41-44(3,4)37-19-6-8-21-39(37)49(41)29-31-13-10-17-35(27-31)46(52)53;1-43(2)36-20-8-10-22-38(36)47(29-31-14-6-5-7-15-31)40(43)26-24-33-17-13-18-34(42(33)46)25-27-41-44(3,4)37-21-9-11-23-39(37)48(41)30-32-16-12-19-35(28-32)45(49)50/h5-10,12-13,16-27,50-53H,11,14-15,28-29H2,1-4H3;5-12,14-16,19-28,49-50H,13,17-18,29-30H2,1-4H3/q2*+1. The van der Waals surface area contributed by atoms with Gasteiger partial charge in [-0.25, -0.2) is 0 Å². The lowest BCUT2D eigenvalue weighted by molar-refractivity contribution is -0.455. The summed E-state index contributed by atoms with van der Waals surface area (Å²) in [5.41, 5.74) is 24.0. The van der Waals surface area contributed by atoms with Gasteiger partial charge in [-0.1, -0.05) is 251 Å². The first kappa shape index (κ1) is 72.5. The third-order valence-corrected chi connectivity index (χ3v) is 22.8. The van der Waals surface area contributed by atoms with Gasteiger partial charge in [-0.15, -0.1) is 0 Å². The Kier molecular flexibility index (Phi) is 21.2. The van der Waals surface area contributed by atoms with Gasteiger partial charge in [0.25, 0.3) is 0 Å². The number of hydrogen-bond acceptors (Lipinski definition) is 8. The molecule has 0 saturated heterocycles. The van der Waals surface area contributed by atoms with E-state index in [1.54, 1.807) is 18.2 Å². The number of anilines is 2.